The predicted octanol–water partition coefficient (Wildman–Crippen LogP) is 2.15. The van der Waals surface area contributed by atoms with Crippen molar-refractivity contribution >= 4 is 11.3 Å². The highest BCUT2D eigenvalue weighted by molar-refractivity contribution is 7.09. The molecular formula is C12H20N2OS. The molecule has 1 aliphatic rings. The molecule has 0 saturated carbocycles. The molecule has 1 aliphatic heterocycles. The molecule has 0 aromatic carbocycles. The number of aromatic nitrogens is 1. The number of hydrogen-bond acceptors (Lipinski definition) is 4. The average molecular weight is 240 g/mol. The number of ether oxygens (including phenoxy) is 1. The van der Waals surface area contributed by atoms with Crippen LogP contribution < -0.4 is 5.32 Å². The molecule has 1 fully saturated rings. The lowest BCUT2D eigenvalue weighted by Crippen LogP contribution is -2.48. The van der Waals surface area contributed by atoms with Crippen molar-refractivity contribution in [3.63, 3.8) is 0 Å². The van der Waals surface area contributed by atoms with Crippen LogP contribution in [0.5, 0.6) is 0 Å². The van der Waals surface area contributed by atoms with E-state index in [1.54, 1.807) is 11.3 Å². The summed E-state index contributed by atoms with van der Waals surface area (Å²) >= 11 is 1.72. The van der Waals surface area contributed by atoms with Crippen LogP contribution in [-0.4, -0.2) is 30.3 Å². The number of nitrogens with one attached hydrogen (secondary N) is 1. The lowest BCUT2D eigenvalue weighted by atomic mass is 9.90. The zero-order chi connectivity index (χ0) is 11.6. The molecule has 0 radical (unpaired) electrons. The lowest BCUT2D eigenvalue weighted by molar-refractivity contribution is -0.00964. The first-order chi connectivity index (χ1) is 7.64. The highest BCUT2D eigenvalue weighted by Crippen LogP contribution is 2.30. The van der Waals surface area contributed by atoms with Crippen LogP contribution in [0, 0.1) is 6.92 Å². The summed E-state index contributed by atoms with van der Waals surface area (Å²) in [6.07, 6.45) is 3.27. The van der Waals surface area contributed by atoms with E-state index >= 15 is 0 Å². The summed E-state index contributed by atoms with van der Waals surface area (Å²) in [7, 11) is 2.01. The normalized spacial score (nSPS) is 27.2. The Morgan fingerprint density at radius 2 is 2.50 bits per heavy atom. The Bertz CT molecular complexity index is 345. The van der Waals surface area contributed by atoms with Gasteiger partial charge in [0.05, 0.1) is 16.3 Å². The van der Waals surface area contributed by atoms with Gasteiger partial charge in [0.15, 0.2) is 0 Å². The topological polar surface area (TPSA) is 34.2 Å². The Morgan fingerprint density at radius 1 is 1.69 bits per heavy atom. The minimum absolute atomic E-state index is 0.0216. The van der Waals surface area contributed by atoms with Gasteiger partial charge in [-0.25, -0.2) is 4.98 Å². The molecule has 0 bridgehead atoms. The van der Waals surface area contributed by atoms with Crippen LogP contribution in [0.1, 0.15) is 30.5 Å². The maximum Gasteiger partial charge on any atom is 0.0897 e. The summed E-state index contributed by atoms with van der Waals surface area (Å²) in [6, 6.07) is 0.358. The van der Waals surface area contributed by atoms with Gasteiger partial charge in [0.25, 0.3) is 0 Å². The van der Waals surface area contributed by atoms with Crippen LogP contribution in [0.25, 0.3) is 0 Å². The van der Waals surface area contributed by atoms with Crippen LogP contribution in [-0.2, 0) is 11.2 Å². The van der Waals surface area contributed by atoms with E-state index in [1.165, 1.54) is 12.1 Å². The van der Waals surface area contributed by atoms with Crippen molar-refractivity contribution in [3.8, 4) is 0 Å². The smallest absolute Gasteiger partial charge is 0.0897 e. The molecule has 2 unspecified atom stereocenters. The first-order valence-electron chi connectivity index (χ1n) is 5.86. The average Bonchev–Trinajstić information content (AvgIpc) is 2.85. The lowest BCUT2D eigenvalue weighted by Gasteiger charge is -2.32. The highest BCUT2D eigenvalue weighted by atomic mass is 32.1. The predicted molar refractivity (Wildman–Crippen MR) is 67.0 cm³/mol. The largest absolute Gasteiger partial charge is 0.374 e. The van der Waals surface area contributed by atoms with Crippen LogP contribution in [0.2, 0.25) is 0 Å². The molecule has 0 amide bonds. The van der Waals surface area contributed by atoms with Crippen molar-refractivity contribution in [1.29, 1.82) is 0 Å². The van der Waals surface area contributed by atoms with E-state index < -0.39 is 0 Å². The van der Waals surface area contributed by atoms with E-state index in [-0.39, 0.29) is 5.60 Å². The van der Waals surface area contributed by atoms with E-state index in [0.29, 0.717) is 6.04 Å². The summed E-state index contributed by atoms with van der Waals surface area (Å²) in [5.41, 5.74) is 1.16. The monoisotopic (exact) mass is 240 g/mol. The van der Waals surface area contributed by atoms with Crippen molar-refractivity contribution in [1.82, 2.24) is 10.3 Å². The second-order valence-corrected chi connectivity index (χ2v) is 5.73. The van der Waals surface area contributed by atoms with Crippen molar-refractivity contribution in [2.24, 2.45) is 0 Å². The molecule has 2 heterocycles. The molecule has 4 heteroatoms. The standard InChI is InChI=1S/C12H20N2OS/c1-9-14-10(8-16-9)7-11(13-3)12(2)5-4-6-15-12/h8,11,13H,4-7H2,1-3H3. The van der Waals surface area contributed by atoms with Gasteiger partial charge in [0.1, 0.15) is 0 Å². The molecule has 2 rings (SSSR count). The Balaban J connectivity index is 2.05. The third-order valence-electron chi connectivity index (χ3n) is 3.41. The summed E-state index contributed by atoms with van der Waals surface area (Å²) in [5, 5.41) is 6.67. The van der Waals surface area contributed by atoms with E-state index in [2.05, 4.69) is 29.5 Å². The van der Waals surface area contributed by atoms with Gasteiger partial charge < -0.3 is 10.1 Å². The molecule has 1 aromatic rings. The minimum Gasteiger partial charge on any atom is -0.374 e. The maximum absolute atomic E-state index is 5.89. The molecule has 90 valence electrons. The zero-order valence-corrected chi connectivity index (χ0v) is 11.1. The molecule has 0 spiro atoms. The van der Waals surface area contributed by atoms with E-state index in [4.69, 9.17) is 4.74 Å². The van der Waals surface area contributed by atoms with Gasteiger partial charge in [-0.1, -0.05) is 0 Å². The Hall–Kier alpha value is -0.450. The zero-order valence-electron chi connectivity index (χ0n) is 10.2. The second-order valence-electron chi connectivity index (χ2n) is 4.67. The first kappa shape index (κ1) is 12.0. The fraction of sp³-hybridized carbons (Fsp3) is 0.750. The van der Waals surface area contributed by atoms with Crippen LogP contribution >= 0.6 is 11.3 Å². The summed E-state index contributed by atoms with van der Waals surface area (Å²) in [6.45, 7) is 5.15. The Labute approximate surface area is 101 Å². The van der Waals surface area contributed by atoms with Crippen LogP contribution in [0.15, 0.2) is 5.38 Å². The second kappa shape index (κ2) is 4.82. The van der Waals surface area contributed by atoms with Crippen molar-refractivity contribution < 1.29 is 4.74 Å². The number of likely N-dealkylation sites (N-methyl/N-ethyl adjacent to an activating group) is 1. The summed E-state index contributed by atoms with van der Waals surface area (Å²) in [5.74, 6) is 0. The van der Waals surface area contributed by atoms with Crippen LogP contribution in [0.4, 0.5) is 0 Å². The van der Waals surface area contributed by atoms with E-state index in [9.17, 15) is 0 Å². The molecule has 1 saturated heterocycles. The fourth-order valence-electron chi connectivity index (χ4n) is 2.41. The summed E-state index contributed by atoms with van der Waals surface area (Å²) < 4.78 is 5.89. The maximum atomic E-state index is 5.89. The fourth-order valence-corrected chi connectivity index (χ4v) is 3.04. The molecule has 2 atom stereocenters. The van der Waals surface area contributed by atoms with Gasteiger partial charge in [0, 0.05) is 24.4 Å². The van der Waals surface area contributed by atoms with Crippen molar-refractivity contribution in [3.05, 3.63) is 16.1 Å². The molecule has 3 nitrogen and oxygen atoms in total. The SMILES string of the molecule is CNC(Cc1csc(C)n1)C1(C)CCCO1. The Kier molecular flexibility index (Phi) is 3.62. The van der Waals surface area contributed by atoms with Gasteiger partial charge in [-0.3, -0.25) is 0 Å². The number of rotatable bonds is 4. The third kappa shape index (κ3) is 2.44. The number of hydrogen-bond donors (Lipinski definition) is 1. The summed E-state index contributed by atoms with van der Waals surface area (Å²) in [4.78, 5) is 4.52. The Morgan fingerprint density at radius 3 is 3.00 bits per heavy atom. The van der Waals surface area contributed by atoms with Gasteiger partial charge in [-0.05, 0) is 33.7 Å². The number of thiazole rings is 1. The molecule has 1 aromatic heterocycles. The van der Waals surface area contributed by atoms with Gasteiger partial charge in [-0.2, -0.15) is 0 Å². The van der Waals surface area contributed by atoms with E-state index in [0.717, 1.165) is 24.5 Å². The van der Waals surface area contributed by atoms with Gasteiger partial charge >= 0.3 is 0 Å². The van der Waals surface area contributed by atoms with Crippen molar-refractivity contribution in [2.45, 2.75) is 44.8 Å². The number of nitrogens with zero attached hydrogens (tertiary/aromatic N) is 1. The van der Waals surface area contributed by atoms with Gasteiger partial charge in [-0.15, -0.1) is 11.3 Å². The first-order valence-corrected chi connectivity index (χ1v) is 6.74. The van der Waals surface area contributed by atoms with Crippen molar-refractivity contribution in [2.75, 3.05) is 13.7 Å². The molecule has 1 N–H and O–H groups in total. The van der Waals surface area contributed by atoms with Crippen LogP contribution in [0.3, 0.4) is 0 Å². The third-order valence-corrected chi connectivity index (χ3v) is 4.24. The molecular weight excluding hydrogens is 220 g/mol. The highest BCUT2D eigenvalue weighted by Gasteiger charge is 2.37. The number of aryl methyl sites for hydroxylation is 1. The van der Waals surface area contributed by atoms with E-state index in [1.807, 2.05) is 7.05 Å². The quantitative estimate of drug-likeness (QED) is 0.875. The molecule has 16 heavy (non-hydrogen) atoms. The minimum atomic E-state index is -0.0216. The molecule has 0 aliphatic carbocycles. The van der Waals surface area contributed by atoms with Gasteiger partial charge in [0.2, 0.25) is 0 Å².